The predicted octanol–water partition coefficient (Wildman–Crippen LogP) is 3.96. The van der Waals surface area contributed by atoms with Crippen LogP contribution in [0.1, 0.15) is 23.7 Å². The first-order valence-corrected chi connectivity index (χ1v) is 9.99. The van der Waals surface area contributed by atoms with Crippen LogP contribution in [0.3, 0.4) is 0 Å². The molecule has 1 atom stereocenters. The molecule has 2 aromatic carbocycles. The van der Waals surface area contributed by atoms with E-state index in [-0.39, 0.29) is 5.69 Å². The van der Waals surface area contributed by atoms with E-state index in [1.54, 1.807) is 4.90 Å². The van der Waals surface area contributed by atoms with Gasteiger partial charge in [0.15, 0.2) is 0 Å². The molecule has 3 rings (SSSR count). The van der Waals surface area contributed by atoms with E-state index in [2.05, 4.69) is 4.90 Å². The Hall–Kier alpha value is -3.34. The van der Waals surface area contributed by atoms with E-state index < -0.39 is 34.5 Å². The number of primary amides is 1. The molecule has 1 aliphatic rings. The maximum absolute atomic E-state index is 12.9. The smallest absolute Gasteiger partial charge is 0.416 e. The topological polar surface area (TPSA) is 102 Å². The van der Waals surface area contributed by atoms with Crippen LogP contribution >= 0.6 is 0 Å². The van der Waals surface area contributed by atoms with E-state index in [9.17, 15) is 28.1 Å². The Morgan fingerprint density at radius 2 is 1.78 bits per heavy atom. The van der Waals surface area contributed by atoms with Crippen molar-refractivity contribution >= 4 is 17.5 Å². The van der Waals surface area contributed by atoms with Crippen molar-refractivity contribution in [1.82, 2.24) is 4.90 Å². The molecule has 172 valence electrons. The summed E-state index contributed by atoms with van der Waals surface area (Å²) in [7, 11) is 0. The van der Waals surface area contributed by atoms with Gasteiger partial charge < -0.3 is 15.4 Å². The number of nitrogens with two attached hydrogens (primary N) is 1. The van der Waals surface area contributed by atoms with E-state index in [1.165, 1.54) is 0 Å². The number of nitrogens with zero attached hydrogens (tertiary/aromatic N) is 3. The van der Waals surface area contributed by atoms with Crippen molar-refractivity contribution in [2.45, 2.75) is 18.7 Å². The maximum Gasteiger partial charge on any atom is 0.416 e. The molecule has 1 unspecified atom stereocenters. The second kappa shape index (κ2) is 9.86. The highest BCUT2D eigenvalue weighted by Gasteiger charge is 2.34. The minimum Gasteiger partial charge on any atom is -0.441 e. The number of hydrogen-bond donors (Lipinski definition) is 1. The molecule has 2 N–H and O–H groups in total. The summed E-state index contributed by atoms with van der Waals surface area (Å²) in [6, 6.07) is 11.8. The number of carbonyl (C=O) groups excluding carboxylic acids is 1. The number of carbonyl (C=O) groups is 1. The molecule has 1 amide bonds. The van der Waals surface area contributed by atoms with Crippen LogP contribution in [0.2, 0.25) is 0 Å². The number of ether oxygens (including phenoxy) is 1. The van der Waals surface area contributed by atoms with Crippen molar-refractivity contribution in [2.24, 2.45) is 5.73 Å². The minimum atomic E-state index is -4.65. The summed E-state index contributed by atoms with van der Waals surface area (Å²) in [5.41, 5.74) is 4.57. The largest absolute Gasteiger partial charge is 0.441 e. The third kappa shape index (κ3) is 5.88. The van der Waals surface area contributed by atoms with Gasteiger partial charge in [0.2, 0.25) is 0 Å². The fourth-order valence-electron chi connectivity index (χ4n) is 3.73. The molecular weight excluding hydrogens is 429 g/mol. The zero-order valence-corrected chi connectivity index (χ0v) is 17.1. The van der Waals surface area contributed by atoms with Crippen molar-refractivity contribution in [3.63, 3.8) is 0 Å². The van der Waals surface area contributed by atoms with E-state index in [4.69, 9.17) is 10.5 Å². The zero-order valence-electron chi connectivity index (χ0n) is 17.1. The molecule has 1 saturated heterocycles. The van der Waals surface area contributed by atoms with Crippen LogP contribution in [0.15, 0.2) is 48.5 Å². The lowest BCUT2D eigenvalue weighted by Gasteiger charge is -2.36. The Bertz CT molecular complexity index is 948. The average Bonchev–Trinajstić information content (AvgIpc) is 2.76. The maximum atomic E-state index is 12.9. The highest BCUT2D eigenvalue weighted by molar-refractivity contribution is 5.65. The predicted molar refractivity (Wildman–Crippen MR) is 111 cm³/mol. The molecule has 1 heterocycles. The number of piperazine rings is 1. The Kier molecular flexibility index (Phi) is 7.18. The van der Waals surface area contributed by atoms with Crippen molar-refractivity contribution < 1.29 is 27.6 Å². The average molecular weight is 452 g/mol. The van der Waals surface area contributed by atoms with E-state index in [0.717, 1.165) is 17.7 Å². The molecule has 8 nitrogen and oxygen atoms in total. The van der Waals surface area contributed by atoms with Gasteiger partial charge in [0.1, 0.15) is 11.8 Å². The number of anilines is 1. The van der Waals surface area contributed by atoms with Crippen molar-refractivity contribution in [2.75, 3.05) is 37.6 Å². The van der Waals surface area contributed by atoms with Gasteiger partial charge in [-0.2, -0.15) is 13.2 Å². The van der Waals surface area contributed by atoms with Crippen LogP contribution in [0.4, 0.5) is 29.3 Å². The summed E-state index contributed by atoms with van der Waals surface area (Å²) < 4.78 is 44.0. The van der Waals surface area contributed by atoms with E-state index in [0.29, 0.717) is 45.2 Å². The summed E-state index contributed by atoms with van der Waals surface area (Å²) in [5, 5.41) is 11.4. The normalized spacial score (nSPS) is 15.9. The van der Waals surface area contributed by atoms with Crippen LogP contribution in [0.5, 0.6) is 0 Å². The molecule has 1 fully saturated rings. The van der Waals surface area contributed by atoms with Crippen molar-refractivity contribution in [1.29, 1.82) is 0 Å². The molecule has 0 radical (unpaired) electrons. The van der Waals surface area contributed by atoms with Crippen molar-refractivity contribution in [3.8, 4) is 0 Å². The summed E-state index contributed by atoms with van der Waals surface area (Å²) in [6.45, 7) is 2.53. The number of rotatable bonds is 7. The SMILES string of the molecule is NC(=O)OC(CCN1CCN(c2ccc(C(F)(F)F)cc2[N+](=O)[O-])CC1)c1ccccc1. The Morgan fingerprint density at radius 3 is 2.34 bits per heavy atom. The molecule has 0 saturated carbocycles. The standard InChI is InChI=1S/C21H23F3N4O4/c22-21(23,24)16-6-7-17(18(14-16)28(30)31)27-12-10-26(11-13-27)9-8-19(32-20(25)29)15-4-2-1-3-5-15/h1-7,14,19H,8-13H2,(H2,25,29). The first-order chi connectivity index (χ1) is 15.1. The highest BCUT2D eigenvalue weighted by Crippen LogP contribution is 2.36. The fourth-order valence-corrected chi connectivity index (χ4v) is 3.73. The number of amides is 1. The molecule has 32 heavy (non-hydrogen) atoms. The van der Waals surface area contributed by atoms with Gasteiger partial charge in [-0.25, -0.2) is 4.79 Å². The van der Waals surface area contributed by atoms with Crippen LogP contribution in [-0.4, -0.2) is 48.6 Å². The third-order valence-electron chi connectivity index (χ3n) is 5.35. The molecule has 1 aliphatic heterocycles. The van der Waals surface area contributed by atoms with E-state index in [1.807, 2.05) is 30.3 Å². The molecule has 0 bridgehead atoms. The Balaban J connectivity index is 1.62. The van der Waals surface area contributed by atoms with Gasteiger partial charge in [-0.3, -0.25) is 15.0 Å². The van der Waals surface area contributed by atoms with Crippen molar-refractivity contribution in [3.05, 3.63) is 69.8 Å². The lowest BCUT2D eigenvalue weighted by molar-refractivity contribution is -0.384. The number of nitro groups is 1. The van der Waals surface area contributed by atoms with Gasteiger partial charge in [-0.05, 0) is 17.7 Å². The number of benzene rings is 2. The quantitative estimate of drug-likeness (QED) is 0.504. The number of alkyl halides is 3. The van der Waals surface area contributed by atoms with Crippen LogP contribution in [-0.2, 0) is 10.9 Å². The minimum absolute atomic E-state index is 0.168. The monoisotopic (exact) mass is 452 g/mol. The van der Waals surface area contributed by atoms with Gasteiger partial charge in [-0.1, -0.05) is 30.3 Å². The van der Waals surface area contributed by atoms with Gasteiger partial charge >= 0.3 is 12.3 Å². The first kappa shape index (κ1) is 23.3. The van der Waals surface area contributed by atoms with Crippen LogP contribution in [0, 0.1) is 10.1 Å². The Labute approximate surface area is 182 Å². The molecule has 2 aromatic rings. The molecule has 0 aromatic heterocycles. The third-order valence-corrected chi connectivity index (χ3v) is 5.35. The summed E-state index contributed by atoms with van der Waals surface area (Å²) in [6.07, 6.45) is -5.50. The van der Waals surface area contributed by atoms with Gasteiger partial charge in [0.05, 0.1) is 10.5 Å². The van der Waals surface area contributed by atoms with Gasteiger partial charge in [0.25, 0.3) is 5.69 Å². The molecule has 0 aliphatic carbocycles. The van der Waals surface area contributed by atoms with Crippen LogP contribution in [0.25, 0.3) is 0 Å². The first-order valence-electron chi connectivity index (χ1n) is 9.99. The van der Waals surface area contributed by atoms with Gasteiger partial charge in [0, 0.05) is 45.2 Å². The molecular formula is C21H23F3N4O4. The number of nitro benzene ring substituents is 1. The summed E-state index contributed by atoms with van der Waals surface area (Å²) >= 11 is 0. The molecule has 11 heteroatoms. The van der Waals surface area contributed by atoms with Gasteiger partial charge in [-0.15, -0.1) is 0 Å². The Morgan fingerprint density at radius 1 is 1.12 bits per heavy atom. The summed E-state index contributed by atoms with van der Waals surface area (Å²) in [5.74, 6) is 0. The van der Waals surface area contributed by atoms with Crippen LogP contribution < -0.4 is 10.6 Å². The number of halogens is 3. The lowest BCUT2D eigenvalue weighted by Crippen LogP contribution is -2.47. The second-order valence-electron chi connectivity index (χ2n) is 7.41. The molecule has 0 spiro atoms. The fraction of sp³-hybridized carbons (Fsp3) is 0.381. The van der Waals surface area contributed by atoms with E-state index >= 15 is 0 Å². The zero-order chi connectivity index (χ0) is 23.3. The summed E-state index contributed by atoms with van der Waals surface area (Å²) in [4.78, 5) is 25.6. The highest BCUT2D eigenvalue weighted by atomic mass is 19.4. The second-order valence-corrected chi connectivity index (χ2v) is 7.41. The number of hydrogen-bond acceptors (Lipinski definition) is 6. The lowest BCUT2D eigenvalue weighted by atomic mass is 10.1.